The van der Waals surface area contributed by atoms with Gasteiger partial charge in [-0.3, -0.25) is 9.59 Å². The van der Waals surface area contributed by atoms with E-state index in [1.54, 1.807) is 17.2 Å². The number of pyridine rings is 1. The van der Waals surface area contributed by atoms with E-state index in [-0.39, 0.29) is 42.5 Å². The molecule has 1 aromatic heterocycles. The van der Waals surface area contributed by atoms with Crippen LogP contribution in [-0.2, 0) is 16.0 Å². The van der Waals surface area contributed by atoms with E-state index in [4.69, 9.17) is 5.73 Å². The first-order valence-corrected chi connectivity index (χ1v) is 9.35. The Morgan fingerprint density at radius 2 is 1.93 bits per heavy atom. The lowest BCUT2D eigenvalue weighted by atomic mass is 9.96. The number of hydrogen-bond donors (Lipinski definition) is 2. The minimum atomic E-state index is -0.590. The summed E-state index contributed by atoms with van der Waals surface area (Å²) in [6, 6.07) is 12.8. The maximum atomic E-state index is 12.7. The van der Waals surface area contributed by atoms with Crippen LogP contribution in [0.15, 0.2) is 48.7 Å². The molecular formula is C21H28Cl2N4O2. The molecule has 1 fully saturated rings. The number of rotatable bonds is 5. The lowest BCUT2D eigenvalue weighted by molar-refractivity contribution is -0.135. The number of amides is 2. The van der Waals surface area contributed by atoms with Crippen molar-refractivity contribution >= 4 is 42.4 Å². The van der Waals surface area contributed by atoms with Crippen LogP contribution in [0.5, 0.6) is 0 Å². The molecule has 6 nitrogen and oxygen atoms in total. The number of halogens is 2. The molecule has 1 aromatic carbocycles. The number of benzene rings is 1. The van der Waals surface area contributed by atoms with Crippen molar-refractivity contribution in [1.82, 2.24) is 9.88 Å². The number of carbonyl (C=O) groups is 2. The van der Waals surface area contributed by atoms with Gasteiger partial charge in [-0.1, -0.05) is 36.4 Å². The van der Waals surface area contributed by atoms with Crippen LogP contribution in [0.2, 0.25) is 0 Å². The molecule has 3 N–H and O–H groups in total. The number of likely N-dealkylation sites (tertiary alicyclic amines) is 1. The largest absolute Gasteiger partial charge is 0.341 e. The number of piperidine rings is 1. The Kier molecular flexibility index (Phi) is 10.1. The quantitative estimate of drug-likeness (QED) is 0.750. The smallest absolute Gasteiger partial charge is 0.239 e. The fourth-order valence-electron chi connectivity index (χ4n) is 3.35. The molecule has 2 aromatic rings. The predicted molar refractivity (Wildman–Crippen MR) is 120 cm³/mol. The Morgan fingerprint density at radius 3 is 2.59 bits per heavy atom. The minimum Gasteiger partial charge on any atom is -0.341 e. The molecule has 2 atom stereocenters. The van der Waals surface area contributed by atoms with E-state index < -0.39 is 6.04 Å². The van der Waals surface area contributed by atoms with Crippen LogP contribution in [0.25, 0.3) is 0 Å². The molecule has 0 bridgehead atoms. The van der Waals surface area contributed by atoms with Crippen molar-refractivity contribution in [3.05, 3.63) is 59.8 Å². The summed E-state index contributed by atoms with van der Waals surface area (Å²) >= 11 is 0. The van der Waals surface area contributed by atoms with Crippen molar-refractivity contribution in [2.75, 3.05) is 18.4 Å². The summed E-state index contributed by atoms with van der Waals surface area (Å²) in [5, 5.41) is 2.85. The summed E-state index contributed by atoms with van der Waals surface area (Å²) in [4.78, 5) is 31.2. The van der Waals surface area contributed by atoms with Gasteiger partial charge in [0.25, 0.3) is 0 Å². The van der Waals surface area contributed by atoms with Crippen LogP contribution in [0.3, 0.4) is 0 Å². The van der Waals surface area contributed by atoms with Gasteiger partial charge in [-0.15, -0.1) is 24.8 Å². The molecule has 29 heavy (non-hydrogen) atoms. The molecule has 2 amide bonds. The van der Waals surface area contributed by atoms with Gasteiger partial charge in [0.2, 0.25) is 11.8 Å². The Hall–Kier alpha value is -2.15. The number of nitrogens with zero attached hydrogens (tertiary/aromatic N) is 2. The summed E-state index contributed by atoms with van der Waals surface area (Å²) in [5.74, 6) is 0.106. The van der Waals surface area contributed by atoms with Crippen molar-refractivity contribution in [2.24, 2.45) is 11.7 Å². The number of hydrogen-bond acceptors (Lipinski definition) is 4. The molecule has 1 saturated heterocycles. The zero-order chi connectivity index (χ0) is 19.2. The molecule has 0 saturated carbocycles. The highest BCUT2D eigenvalue weighted by Gasteiger charge is 2.30. The predicted octanol–water partition coefficient (Wildman–Crippen LogP) is 2.98. The number of aromatic nitrogens is 1. The van der Waals surface area contributed by atoms with Crippen LogP contribution in [0, 0.1) is 12.8 Å². The Labute approximate surface area is 184 Å². The second-order valence-corrected chi connectivity index (χ2v) is 7.13. The molecule has 0 radical (unpaired) electrons. The lowest BCUT2D eigenvalue weighted by Crippen LogP contribution is -2.50. The van der Waals surface area contributed by atoms with Crippen molar-refractivity contribution in [3.8, 4) is 0 Å². The average Bonchev–Trinajstić information content (AvgIpc) is 2.70. The molecule has 1 aliphatic heterocycles. The first kappa shape index (κ1) is 24.9. The molecule has 158 valence electrons. The van der Waals surface area contributed by atoms with Crippen LogP contribution in [0.1, 0.15) is 24.0 Å². The monoisotopic (exact) mass is 438 g/mol. The second kappa shape index (κ2) is 11.8. The van der Waals surface area contributed by atoms with Crippen LogP contribution in [0.4, 0.5) is 5.82 Å². The highest BCUT2D eigenvalue weighted by atomic mass is 35.5. The molecule has 1 aliphatic rings. The number of carbonyl (C=O) groups excluding carboxylic acids is 2. The lowest BCUT2D eigenvalue weighted by Gasteiger charge is -2.33. The third-order valence-corrected chi connectivity index (χ3v) is 4.88. The van der Waals surface area contributed by atoms with Gasteiger partial charge in [0.15, 0.2) is 0 Å². The van der Waals surface area contributed by atoms with Gasteiger partial charge in [-0.05, 0) is 43.4 Å². The van der Waals surface area contributed by atoms with Gasteiger partial charge in [0.05, 0.1) is 12.0 Å². The highest BCUT2D eigenvalue weighted by Crippen LogP contribution is 2.19. The van der Waals surface area contributed by atoms with Gasteiger partial charge in [-0.2, -0.15) is 0 Å². The molecule has 0 spiro atoms. The maximum absolute atomic E-state index is 12.7. The Morgan fingerprint density at radius 1 is 1.21 bits per heavy atom. The third-order valence-electron chi connectivity index (χ3n) is 4.88. The molecule has 2 unspecified atom stereocenters. The molecule has 3 rings (SSSR count). The summed E-state index contributed by atoms with van der Waals surface area (Å²) in [6.07, 6.45) is 3.77. The molecule has 0 aliphatic carbocycles. The van der Waals surface area contributed by atoms with Crippen molar-refractivity contribution in [3.63, 3.8) is 0 Å². The van der Waals surface area contributed by atoms with E-state index in [1.165, 1.54) is 0 Å². The van der Waals surface area contributed by atoms with Crippen LogP contribution < -0.4 is 11.1 Å². The van der Waals surface area contributed by atoms with Gasteiger partial charge in [0.1, 0.15) is 5.82 Å². The minimum absolute atomic E-state index is 0. The molecule has 8 heteroatoms. The van der Waals surface area contributed by atoms with Crippen molar-refractivity contribution in [2.45, 2.75) is 32.2 Å². The Balaban J connectivity index is 0.00000210. The second-order valence-electron chi connectivity index (χ2n) is 7.13. The van der Waals surface area contributed by atoms with Gasteiger partial charge in [0, 0.05) is 19.3 Å². The zero-order valence-electron chi connectivity index (χ0n) is 16.4. The Bertz CT molecular complexity index is 787. The normalized spacial score (nSPS) is 16.8. The van der Waals surface area contributed by atoms with Gasteiger partial charge >= 0.3 is 0 Å². The van der Waals surface area contributed by atoms with Crippen molar-refractivity contribution < 1.29 is 9.59 Å². The highest BCUT2D eigenvalue weighted by molar-refractivity contribution is 5.92. The number of aryl methyl sites for hydroxylation is 1. The summed E-state index contributed by atoms with van der Waals surface area (Å²) in [6.45, 7) is 2.99. The summed E-state index contributed by atoms with van der Waals surface area (Å²) in [7, 11) is 0. The zero-order valence-corrected chi connectivity index (χ0v) is 18.0. The molecular weight excluding hydrogens is 411 g/mol. The van der Waals surface area contributed by atoms with E-state index in [2.05, 4.69) is 10.3 Å². The summed E-state index contributed by atoms with van der Waals surface area (Å²) in [5.41, 5.74) is 8.21. The molecule has 2 heterocycles. The van der Waals surface area contributed by atoms with Gasteiger partial charge in [-0.25, -0.2) is 4.98 Å². The fourth-order valence-corrected chi connectivity index (χ4v) is 3.35. The van der Waals surface area contributed by atoms with Crippen LogP contribution in [-0.4, -0.2) is 40.8 Å². The number of nitrogens with two attached hydrogens (primary N) is 1. The van der Waals surface area contributed by atoms with E-state index in [9.17, 15) is 9.59 Å². The first-order chi connectivity index (χ1) is 13.0. The van der Waals surface area contributed by atoms with E-state index in [0.29, 0.717) is 25.3 Å². The third kappa shape index (κ3) is 6.99. The van der Waals surface area contributed by atoms with Crippen LogP contribution >= 0.6 is 24.8 Å². The maximum Gasteiger partial charge on any atom is 0.239 e. The van der Waals surface area contributed by atoms with Gasteiger partial charge < -0.3 is 16.0 Å². The first-order valence-electron chi connectivity index (χ1n) is 9.35. The van der Waals surface area contributed by atoms with E-state index in [1.807, 2.05) is 43.3 Å². The van der Waals surface area contributed by atoms with Crippen molar-refractivity contribution in [1.29, 1.82) is 0 Å². The number of nitrogens with one attached hydrogen (secondary N) is 1. The fraction of sp³-hybridized carbons (Fsp3) is 0.381. The topological polar surface area (TPSA) is 88.3 Å². The van der Waals surface area contributed by atoms with E-state index in [0.717, 1.165) is 24.0 Å². The SMILES string of the molecule is Cc1ccc(NC(=O)C2CCCN(C(=O)C(N)Cc3ccccc3)C2)nc1.Cl.Cl. The van der Waals surface area contributed by atoms with E-state index >= 15 is 0 Å². The number of anilines is 1. The summed E-state index contributed by atoms with van der Waals surface area (Å²) < 4.78 is 0. The standard InChI is InChI=1S/C21H26N4O2.2ClH/c1-15-9-10-19(23-13-15)24-20(26)17-8-5-11-25(14-17)21(27)18(22)12-16-6-3-2-4-7-16;;/h2-4,6-7,9-10,13,17-18H,5,8,11-12,14,22H2,1H3,(H,23,24,26);2*1H. The average molecular weight is 439 g/mol.